The minimum absolute atomic E-state index is 0.135. The number of hydrogen-bond donors (Lipinski definition) is 3. The number of rotatable bonds is 2. The van der Waals surface area contributed by atoms with Gasteiger partial charge in [0.2, 0.25) is 0 Å². The minimum atomic E-state index is -0.731. The van der Waals surface area contributed by atoms with E-state index in [0.29, 0.717) is 0 Å². The van der Waals surface area contributed by atoms with Crippen LogP contribution in [0.4, 0.5) is 0 Å². The Morgan fingerprint density at radius 3 is 1.70 bits per heavy atom. The molecular formula is C6H18N2O2. The highest BCUT2D eigenvalue weighted by atomic mass is 16.3. The molecule has 4 nitrogen and oxygen atoms in total. The molecule has 0 rings (SSSR count). The maximum absolute atomic E-state index is 8.29. The normalized spacial score (nSPS) is 12.3. The topological polar surface area (TPSA) is 69.7 Å². The summed E-state index contributed by atoms with van der Waals surface area (Å²) in [6.45, 7) is -0.104. The number of hydrogen-bond acceptors (Lipinski definition) is 4. The molecule has 1 atom stereocenters. The van der Waals surface area contributed by atoms with Gasteiger partial charge in [0.05, 0.1) is 12.7 Å². The molecule has 0 amide bonds. The maximum atomic E-state index is 8.29. The first-order valence-corrected chi connectivity index (χ1v) is 3.14. The van der Waals surface area contributed by atoms with E-state index in [9.17, 15) is 0 Å². The Morgan fingerprint density at radius 2 is 1.70 bits per heavy atom. The zero-order valence-corrected chi connectivity index (χ0v) is 6.91. The molecule has 10 heavy (non-hydrogen) atoms. The SMILES string of the molecule is CN(C)C.NCC(O)CO. The zero-order chi connectivity index (χ0) is 8.57. The van der Waals surface area contributed by atoms with Crippen molar-refractivity contribution < 1.29 is 10.2 Å². The fraction of sp³-hybridized carbons (Fsp3) is 1.00. The molecule has 0 aromatic heterocycles. The van der Waals surface area contributed by atoms with E-state index >= 15 is 0 Å². The molecule has 0 aliphatic heterocycles. The van der Waals surface area contributed by atoms with Crippen molar-refractivity contribution in [3.63, 3.8) is 0 Å². The standard InChI is InChI=1S/C3H9NO2.C3H9N/c4-1-3(6)2-5;1-4(2)3/h3,5-6H,1-2,4H2;1-3H3. The summed E-state index contributed by atoms with van der Waals surface area (Å²) in [5, 5.41) is 16.3. The molecule has 4 heteroatoms. The van der Waals surface area contributed by atoms with Crippen LogP contribution in [0.25, 0.3) is 0 Å². The highest BCUT2D eigenvalue weighted by Crippen LogP contribution is 1.69. The van der Waals surface area contributed by atoms with Crippen molar-refractivity contribution in [1.82, 2.24) is 4.90 Å². The highest BCUT2D eigenvalue weighted by molar-refractivity contribution is 4.48. The van der Waals surface area contributed by atoms with Gasteiger partial charge in [-0.1, -0.05) is 0 Å². The third-order valence-corrected chi connectivity index (χ3v) is 0.483. The third kappa shape index (κ3) is 24.9. The van der Waals surface area contributed by atoms with E-state index in [-0.39, 0.29) is 13.2 Å². The summed E-state index contributed by atoms with van der Waals surface area (Å²) in [5.74, 6) is 0. The lowest BCUT2D eigenvalue weighted by Crippen LogP contribution is -2.22. The van der Waals surface area contributed by atoms with Gasteiger partial charge in [0.15, 0.2) is 0 Å². The van der Waals surface area contributed by atoms with Gasteiger partial charge in [0.25, 0.3) is 0 Å². The molecule has 0 aliphatic carbocycles. The van der Waals surface area contributed by atoms with Gasteiger partial charge in [0, 0.05) is 6.54 Å². The van der Waals surface area contributed by atoms with Gasteiger partial charge in [-0.2, -0.15) is 0 Å². The molecule has 0 bridgehead atoms. The van der Waals surface area contributed by atoms with Crippen molar-refractivity contribution in [3.8, 4) is 0 Å². The Hall–Kier alpha value is -0.160. The molecule has 0 aromatic carbocycles. The van der Waals surface area contributed by atoms with Crippen LogP contribution < -0.4 is 5.73 Å². The second-order valence-electron chi connectivity index (χ2n) is 2.41. The molecule has 0 radical (unpaired) electrons. The van der Waals surface area contributed by atoms with E-state index in [4.69, 9.17) is 15.9 Å². The lowest BCUT2D eigenvalue weighted by atomic mass is 10.4. The van der Waals surface area contributed by atoms with Gasteiger partial charge in [-0.15, -0.1) is 0 Å². The van der Waals surface area contributed by atoms with E-state index in [1.54, 1.807) is 0 Å². The first-order chi connectivity index (χ1) is 4.54. The Morgan fingerprint density at radius 1 is 1.40 bits per heavy atom. The second kappa shape index (κ2) is 8.84. The van der Waals surface area contributed by atoms with Crippen LogP contribution in [0.15, 0.2) is 0 Å². The average Bonchev–Trinajstić information content (AvgIpc) is 1.85. The van der Waals surface area contributed by atoms with Gasteiger partial charge in [-0.3, -0.25) is 0 Å². The second-order valence-corrected chi connectivity index (χ2v) is 2.41. The molecule has 4 N–H and O–H groups in total. The van der Waals surface area contributed by atoms with Crippen molar-refractivity contribution in [3.05, 3.63) is 0 Å². The summed E-state index contributed by atoms with van der Waals surface area (Å²) < 4.78 is 0. The van der Waals surface area contributed by atoms with Gasteiger partial charge >= 0.3 is 0 Å². The van der Waals surface area contributed by atoms with E-state index in [2.05, 4.69) is 0 Å². The van der Waals surface area contributed by atoms with Crippen LogP contribution in [0.2, 0.25) is 0 Å². The lowest BCUT2D eigenvalue weighted by Gasteiger charge is -1.97. The molecule has 0 saturated carbocycles. The van der Waals surface area contributed by atoms with E-state index in [0.717, 1.165) is 0 Å². The van der Waals surface area contributed by atoms with Crippen molar-refractivity contribution in [2.24, 2.45) is 5.73 Å². The van der Waals surface area contributed by atoms with Crippen LogP contribution in [-0.4, -0.2) is 55.5 Å². The molecule has 0 spiro atoms. The summed E-state index contributed by atoms with van der Waals surface area (Å²) in [4.78, 5) is 2.00. The third-order valence-electron chi connectivity index (χ3n) is 0.483. The largest absolute Gasteiger partial charge is 0.394 e. The Bertz CT molecular complexity index is 53.0. The predicted molar refractivity (Wildman–Crippen MR) is 41.8 cm³/mol. The maximum Gasteiger partial charge on any atom is 0.0892 e. The molecule has 0 heterocycles. The Kier molecular flexibility index (Phi) is 11.1. The Balaban J connectivity index is 0. The number of aliphatic hydroxyl groups is 2. The van der Waals surface area contributed by atoms with Crippen LogP contribution in [0.5, 0.6) is 0 Å². The smallest absolute Gasteiger partial charge is 0.0892 e. The van der Waals surface area contributed by atoms with Crippen LogP contribution in [0.3, 0.4) is 0 Å². The van der Waals surface area contributed by atoms with E-state index < -0.39 is 6.10 Å². The summed E-state index contributed by atoms with van der Waals surface area (Å²) >= 11 is 0. The number of nitrogens with zero attached hydrogens (tertiary/aromatic N) is 1. The molecule has 64 valence electrons. The molecule has 0 aromatic rings. The van der Waals surface area contributed by atoms with Crippen molar-refractivity contribution >= 4 is 0 Å². The summed E-state index contributed by atoms with van der Waals surface area (Å²) in [5.41, 5.74) is 4.87. The van der Waals surface area contributed by atoms with Gasteiger partial charge in [-0.25, -0.2) is 0 Å². The summed E-state index contributed by atoms with van der Waals surface area (Å²) in [7, 11) is 6.00. The first-order valence-electron chi connectivity index (χ1n) is 3.14. The van der Waals surface area contributed by atoms with Crippen LogP contribution in [0.1, 0.15) is 0 Å². The first kappa shape index (κ1) is 12.5. The molecule has 1 unspecified atom stereocenters. The van der Waals surface area contributed by atoms with Gasteiger partial charge < -0.3 is 20.8 Å². The highest BCUT2D eigenvalue weighted by Gasteiger charge is 1.92. The van der Waals surface area contributed by atoms with Crippen LogP contribution in [0, 0.1) is 0 Å². The molecular weight excluding hydrogens is 132 g/mol. The molecule has 0 fully saturated rings. The summed E-state index contributed by atoms with van der Waals surface area (Å²) in [6.07, 6.45) is -0.731. The average molecular weight is 150 g/mol. The van der Waals surface area contributed by atoms with Gasteiger partial charge in [0.1, 0.15) is 0 Å². The van der Waals surface area contributed by atoms with Gasteiger partial charge in [-0.05, 0) is 21.1 Å². The van der Waals surface area contributed by atoms with Crippen molar-refractivity contribution in [2.45, 2.75) is 6.10 Å². The minimum Gasteiger partial charge on any atom is -0.394 e. The summed E-state index contributed by atoms with van der Waals surface area (Å²) in [6, 6.07) is 0. The lowest BCUT2D eigenvalue weighted by molar-refractivity contribution is 0.102. The number of aliphatic hydroxyl groups excluding tert-OH is 2. The van der Waals surface area contributed by atoms with Crippen molar-refractivity contribution in [1.29, 1.82) is 0 Å². The van der Waals surface area contributed by atoms with E-state index in [1.807, 2.05) is 26.0 Å². The predicted octanol–water partition coefficient (Wildman–Crippen LogP) is -1.52. The van der Waals surface area contributed by atoms with Crippen molar-refractivity contribution in [2.75, 3.05) is 34.3 Å². The monoisotopic (exact) mass is 150 g/mol. The quantitative estimate of drug-likeness (QED) is 0.447. The fourth-order valence-corrected chi connectivity index (χ4v) is 0.0745. The molecule has 0 saturated heterocycles. The Labute approximate surface area is 62.3 Å². The zero-order valence-electron chi connectivity index (χ0n) is 6.91. The van der Waals surface area contributed by atoms with Crippen LogP contribution >= 0.6 is 0 Å². The van der Waals surface area contributed by atoms with E-state index in [1.165, 1.54) is 0 Å². The van der Waals surface area contributed by atoms with Crippen LogP contribution in [-0.2, 0) is 0 Å². The fourth-order valence-electron chi connectivity index (χ4n) is 0.0745. The molecule has 0 aliphatic rings. The number of nitrogens with two attached hydrogens (primary N) is 1.